The lowest BCUT2D eigenvalue weighted by molar-refractivity contribution is 0.0827. The molecule has 2 aromatic carbocycles. The number of H-pyrrole nitrogens is 1. The van der Waals surface area contributed by atoms with Crippen molar-refractivity contribution in [2.75, 3.05) is 19.8 Å². The molecule has 4 rings (SSSR count). The molecule has 3 N–H and O–H groups in total. The molecule has 4 aromatic rings. The van der Waals surface area contributed by atoms with Gasteiger partial charge >= 0.3 is 0 Å². The summed E-state index contributed by atoms with van der Waals surface area (Å²) in [5.41, 5.74) is 9.47. The predicted octanol–water partition coefficient (Wildman–Crippen LogP) is 2.73. The second kappa shape index (κ2) is 7.75. The molecule has 2 heterocycles. The molecule has 1 amide bonds. The number of amides is 1. The second-order valence-electron chi connectivity index (χ2n) is 7.07. The van der Waals surface area contributed by atoms with E-state index in [1.54, 1.807) is 38.4 Å². The average Bonchev–Trinajstić information content (AvgIpc) is 3.15. The molecule has 0 atom stereocenters. The summed E-state index contributed by atoms with van der Waals surface area (Å²) in [5, 5.41) is 0. The standard InChI is InChI=1S/C22H20N6O2/c1-28(2)22(30)14-9-7-13(8-10-14)17-12-24-21(23)20(27-17)18(29)11-19-25-15-5-3-4-6-16(15)26-19/h3-10,12H,11H2,1-2H3,(H2,23,24)(H,25,26). The van der Waals surface area contributed by atoms with Crippen LogP contribution in [0.15, 0.2) is 54.7 Å². The van der Waals surface area contributed by atoms with Crippen LogP contribution in [0.4, 0.5) is 5.82 Å². The number of hydrogen-bond acceptors (Lipinski definition) is 6. The van der Waals surface area contributed by atoms with E-state index in [2.05, 4.69) is 19.9 Å². The van der Waals surface area contributed by atoms with E-state index in [1.807, 2.05) is 24.3 Å². The summed E-state index contributed by atoms with van der Waals surface area (Å²) < 4.78 is 0. The first-order chi connectivity index (χ1) is 14.4. The van der Waals surface area contributed by atoms with E-state index in [0.29, 0.717) is 17.1 Å². The number of aromatic amines is 1. The Kier molecular flexibility index (Phi) is 4.97. The monoisotopic (exact) mass is 400 g/mol. The lowest BCUT2D eigenvalue weighted by atomic mass is 10.1. The molecule has 0 fully saturated rings. The van der Waals surface area contributed by atoms with Crippen LogP contribution in [0.1, 0.15) is 26.7 Å². The Balaban J connectivity index is 1.59. The summed E-state index contributed by atoms with van der Waals surface area (Å²) in [4.78, 5) is 42.5. The molecule has 0 aliphatic rings. The van der Waals surface area contributed by atoms with Gasteiger partial charge in [0.15, 0.2) is 11.6 Å². The number of Topliss-reactive ketones (excluding diaryl/α,β-unsaturated/α-hetero) is 1. The maximum Gasteiger partial charge on any atom is 0.253 e. The molecule has 0 spiro atoms. The number of imidazole rings is 1. The van der Waals surface area contributed by atoms with Crippen molar-refractivity contribution in [1.29, 1.82) is 0 Å². The fourth-order valence-corrected chi connectivity index (χ4v) is 3.11. The Morgan fingerprint density at radius 3 is 2.47 bits per heavy atom. The maximum atomic E-state index is 12.8. The number of aromatic nitrogens is 4. The third-order valence-corrected chi connectivity index (χ3v) is 4.67. The molecule has 30 heavy (non-hydrogen) atoms. The van der Waals surface area contributed by atoms with Crippen molar-refractivity contribution in [2.24, 2.45) is 0 Å². The van der Waals surface area contributed by atoms with Crippen LogP contribution in [0.5, 0.6) is 0 Å². The van der Waals surface area contributed by atoms with Crippen LogP contribution in [0.25, 0.3) is 22.3 Å². The third kappa shape index (κ3) is 3.75. The van der Waals surface area contributed by atoms with E-state index in [1.165, 1.54) is 11.1 Å². The second-order valence-corrected chi connectivity index (χ2v) is 7.07. The summed E-state index contributed by atoms with van der Waals surface area (Å²) in [7, 11) is 3.39. The highest BCUT2D eigenvalue weighted by Crippen LogP contribution is 2.21. The van der Waals surface area contributed by atoms with Crippen molar-refractivity contribution in [1.82, 2.24) is 24.8 Å². The van der Waals surface area contributed by atoms with Crippen LogP contribution in [0.3, 0.4) is 0 Å². The number of para-hydroxylation sites is 2. The number of nitrogen functional groups attached to an aromatic ring is 1. The van der Waals surface area contributed by atoms with Crippen LogP contribution in [0, 0.1) is 0 Å². The smallest absolute Gasteiger partial charge is 0.253 e. The van der Waals surface area contributed by atoms with Gasteiger partial charge in [0.2, 0.25) is 0 Å². The molecule has 0 aliphatic heterocycles. The minimum absolute atomic E-state index is 0.0350. The van der Waals surface area contributed by atoms with Crippen molar-refractivity contribution >= 4 is 28.5 Å². The molecular weight excluding hydrogens is 380 g/mol. The Morgan fingerprint density at radius 2 is 1.77 bits per heavy atom. The highest BCUT2D eigenvalue weighted by molar-refractivity contribution is 6.00. The molecule has 150 valence electrons. The van der Waals surface area contributed by atoms with Crippen molar-refractivity contribution in [3.63, 3.8) is 0 Å². The molecule has 0 aliphatic carbocycles. The molecule has 0 saturated heterocycles. The van der Waals surface area contributed by atoms with Gasteiger partial charge in [-0.15, -0.1) is 0 Å². The Labute approximate surface area is 172 Å². The number of benzene rings is 2. The van der Waals surface area contributed by atoms with Gasteiger partial charge in [0.25, 0.3) is 5.91 Å². The molecule has 0 saturated carbocycles. The first-order valence-electron chi connectivity index (χ1n) is 9.34. The molecule has 8 heteroatoms. The number of rotatable bonds is 5. The number of hydrogen-bond donors (Lipinski definition) is 2. The van der Waals surface area contributed by atoms with Crippen molar-refractivity contribution < 1.29 is 9.59 Å². The number of carbonyl (C=O) groups is 2. The van der Waals surface area contributed by atoms with E-state index >= 15 is 0 Å². The number of nitrogens with one attached hydrogen (secondary N) is 1. The Bertz CT molecular complexity index is 1210. The van der Waals surface area contributed by atoms with Crippen molar-refractivity contribution in [3.8, 4) is 11.3 Å². The molecular formula is C22H20N6O2. The lowest BCUT2D eigenvalue weighted by Crippen LogP contribution is -2.21. The number of nitrogens with zero attached hydrogens (tertiary/aromatic N) is 4. The zero-order valence-electron chi connectivity index (χ0n) is 16.6. The molecule has 2 aromatic heterocycles. The fourth-order valence-electron chi connectivity index (χ4n) is 3.11. The van der Waals surface area contributed by atoms with Crippen LogP contribution < -0.4 is 5.73 Å². The first-order valence-corrected chi connectivity index (χ1v) is 9.34. The summed E-state index contributed by atoms with van der Waals surface area (Å²) in [6.45, 7) is 0. The van der Waals surface area contributed by atoms with Gasteiger partial charge in [0.1, 0.15) is 11.5 Å². The number of nitrogens with two attached hydrogens (primary N) is 1. The summed E-state index contributed by atoms with van der Waals surface area (Å²) >= 11 is 0. The minimum atomic E-state index is -0.277. The summed E-state index contributed by atoms with van der Waals surface area (Å²) in [6.07, 6.45) is 1.55. The molecule has 0 bridgehead atoms. The van der Waals surface area contributed by atoms with Crippen LogP contribution in [-0.4, -0.2) is 50.6 Å². The van der Waals surface area contributed by atoms with Crippen LogP contribution >= 0.6 is 0 Å². The number of carbonyl (C=O) groups excluding carboxylic acids is 2. The van der Waals surface area contributed by atoms with Gasteiger partial charge in [0.05, 0.1) is 29.3 Å². The Morgan fingerprint density at radius 1 is 1.03 bits per heavy atom. The highest BCUT2D eigenvalue weighted by Gasteiger charge is 2.17. The lowest BCUT2D eigenvalue weighted by Gasteiger charge is -2.11. The maximum absolute atomic E-state index is 12.8. The number of anilines is 1. The van der Waals surface area contributed by atoms with Crippen molar-refractivity contribution in [3.05, 3.63) is 71.8 Å². The first kappa shape index (κ1) is 19.3. The van der Waals surface area contributed by atoms with Gasteiger partial charge in [-0.2, -0.15) is 0 Å². The number of fused-ring (bicyclic) bond motifs is 1. The third-order valence-electron chi connectivity index (χ3n) is 4.67. The van der Waals surface area contributed by atoms with E-state index in [-0.39, 0.29) is 29.6 Å². The zero-order valence-corrected chi connectivity index (χ0v) is 16.6. The van der Waals surface area contributed by atoms with Crippen LogP contribution in [0.2, 0.25) is 0 Å². The zero-order chi connectivity index (χ0) is 21.3. The van der Waals surface area contributed by atoms with Crippen molar-refractivity contribution in [2.45, 2.75) is 6.42 Å². The van der Waals surface area contributed by atoms with E-state index in [0.717, 1.165) is 16.6 Å². The highest BCUT2D eigenvalue weighted by atomic mass is 16.2. The minimum Gasteiger partial charge on any atom is -0.382 e. The molecule has 0 radical (unpaired) electrons. The van der Waals surface area contributed by atoms with Gasteiger partial charge < -0.3 is 15.6 Å². The average molecular weight is 400 g/mol. The number of ketones is 1. The van der Waals surface area contributed by atoms with Gasteiger partial charge in [0, 0.05) is 25.2 Å². The van der Waals surface area contributed by atoms with E-state index in [4.69, 9.17) is 5.73 Å². The topological polar surface area (TPSA) is 118 Å². The predicted molar refractivity (Wildman–Crippen MR) is 114 cm³/mol. The molecule has 0 unspecified atom stereocenters. The largest absolute Gasteiger partial charge is 0.382 e. The van der Waals surface area contributed by atoms with Gasteiger partial charge in [-0.25, -0.2) is 15.0 Å². The normalized spacial score (nSPS) is 10.9. The summed E-state index contributed by atoms with van der Waals surface area (Å²) in [6, 6.07) is 14.5. The summed E-state index contributed by atoms with van der Waals surface area (Å²) in [5.74, 6) is 0.241. The SMILES string of the molecule is CN(C)C(=O)c1ccc(-c2cnc(N)c(C(=O)Cc3nc4ccccc4[nH]3)n2)cc1. The Hall–Kier alpha value is -4.07. The van der Waals surface area contributed by atoms with E-state index < -0.39 is 0 Å². The molecule has 8 nitrogen and oxygen atoms in total. The van der Waals surface area contributed by atoms with Crippen LogP contribution in [-0.2, 0) is 6.42 Å². The van der Waals surface area contributed by atoms with Gasteiger partial charge in [-0.05, 0) is 24.3 Å². The van der Waals surface area contributed by atoms with Gasteiger partial charge in [-0.3, -0.25) is 9.59 Å². The fraction of sp³-hybridized carbons (Fsp3) is 0.136. The van der Waals surface area contributed by atoms with Gasteiger partial charge in [-0.1, -0.05) is 24.3 Å². The van der Waals surface area contributed by atoms with E-state index in [9.17, 15) is 9.59 Å². The quantitative estimate of drug-likeness (QED) is 0.497.